The summed E-state index contributed by atoms with van der Waals surface area (Å²) in [5.74, 6) is 0. The monoisotopic (exact) mass is 212 g/mol. The van der Waals surface area contributed by atoms with E-state index in [1.807, 2.05) is 0 Å². The first kappa shape index (κ1) is 11.4. The van der Waals surface area contributed by atoms with Gasteiger partial charge in [-0.3, -0.25) is 4.90 Å². The van der Waals surface area contributed by atoms with Crippen molar-refractivity contribution in [1.82, 2.24) is 4.90 Å². The van der Waals surface area contributed by atoms with Crippen LogP contribution < -0.4 is 5.73 Å². The summed E-state index contributed by atoms with van der Waals surface area (Å²) in [5.41, 5.74) is 6.30. The van der Waals surface area contributed by atoms with Crippen LogP contribution in [0, 0.1) is 5.41 Å². The molecule has 3 nitrogen and oxygen atoms in total. The molecule has 0 aromatic rings. The molecule has 1 saturated heterocycles. The summed E-state index contributed by atoms with van der Waals surface area (Å²) < 4.78 is 5.50. The predicted molar refractivity (Wildman–Crippen MR) is 61.8 cm³/mol. The Morgan fingerprint density at radius 2 is 2.20 bits per heavy atom. The molecular weight excluding hydrogens is 188 g/mol. The molecule has 0 aromatic heterocycles. The number of nitrogens with two attached hydrogens (primary N) is 1. The van der Waals surface area contributed by atoms with Crippen molar-refractivity contribution in [2.45, 2.75) is 45.2 Å². The number of rotatable bonds is 5. The first-order chi connectivity index (χ1) is 7.15. The fraction of sp³-hybridized carbons (Fsp3) is 1.00. The highest BCUT2D eigenvalue weighted by atomic mass is 16.5. The van der Waals surface area contributed by atoms with E-state index < -0.39 is 0 Å². The van der Waals surface area contributed by atoms with Crippen molar-refractivity contribution in [2.24, 2.45) is 11.1 Å². The topological polar surface area (TPSA) is 38.5 Å². The first-order valence-electron chi connectivity index (χ1n) is 6.23. The average molecular weight is 212 g/mol. The highest BCUT2D eigenvalue weighted by Crippen LogP contribution is 2.33. The minimum absolute atomic E-state index is 0.178. The molecule has 1 aliphatic carbocycles. The maximum Gasteiger partial charge on any atom is 0.0624 e. The Kier molecular flexibility index (Phi) is 3.33. The lowest BCUT2D eigenvalue weighted by Gasteiger charge is -2.34. The van der Waals surface area contributed by atoms with Crippen molar-refractivity contribution in [1.29, 1.82) is 0 Å². The Bertz CT molecular complexity index is 218. The fourth-order valence-corrected chi connectivity index (χ4v) is 2.47. The molecule has 2 aliphatic rings. The van der Waals surface area contributed by atoms with Crippen molar-refractivity contribution in [3.05, 3.63) is 0 Å². The third-order valence-corrected chi connectivity index (χ3v) is 3.76. The highest BCUT2D eigenvalue weighted by molar-refractivity contribution is 4.95. The van der Waals surface area contributed by atoms with Crippen molar-refractivity contribution in [2.75, 3.05) is 26.3 Å². The van der Waals surface area contributed by atoms with Crippen LogP contribution in [-0.2, 0) is 4.74 Å². The van der Waals surface area contributed by atoms with Gasteiger partial charge in [0.2, 0.25) is 0 Å². The second-order valence-electron chi connectivity index (χ2n) is 5.48. The summed E-state index contributed by atoms with van der Waals surface area (Å²) in [6.07, 6.45) is 4.00. The molecule has 0 amide bonds. The number of hydrogen-bond acceptors (Lipinski definition) is 3. The van der Waals surface area contributed by atoms with E-state index in [-0.39, 0.29) is 11.5 Å². The average Bonchev–Trinajstić information content (AvgIpc) is 2.96. The van der Waals surface area contributed by atoms with Gasteiger partial charge in [-0.2, -0.15) is 0 Å². The molecule has 0 aromatic carbocycles. The minimum atomic E-state index is 0.178. The maximum atomic E-state index is 6.13. The summed E-state index contributed by atoms with van der Waals surface area (Å²) >= 11 is 0. The van der Waals surface area contributed by atoms with E-state index in [9.17, 15) is 0 Å². The zero-order valence-corrected chi connectivity index (χ0v) is 10.0. The van der Waals surface area contributed by atoms with Gasteiger partial charge in [0, 0.05) is 24.0 Å². The molecule has 2 atom stereocenters. The normalized spacial score (nSPS) is 36.4. The Balaban J connectivity index is 1.92. The first-order valence-corrected chi connectivity index (χ1v) is 6.23. The van der Waals surface area contributed by atoms with Gasteiger partial charge in [-0.05, 0) is 25.8 Å². The van der Waals surface area contributed by atoms with Crippen LogP contribution in [0.4, 0.5) is 0 Å². The summed E-state index contributed by atoms with van der Waals surface area (Å²) in [6, 6.07) is 1.06. The number of hydrogen-bond donors (Lipinski definition) is 1. The Hall–Kier alpha value is -0.120. The van der Waals surface area contributed by atoms with Crippen LogP contribution in [0.3, 0.4) is 0 Å². The molecular formula is C12H24N2O. The largest absolute Gasteiger partial charge is 0.379 e. The Labute approximate surface area is 93.0 Å². The third kappa shape index (κ3) is 2.52. The van der Waals surface area contributed by atoms with Gasteiger partial charge in [-0.25, -0.2) is 0 Å². The molecule has 2 N–H and O–H groups in total. The molecule has 2 rings (SSSR count). The van der Waals surface area contributed by atoms with Crippen LogP contribution in [0.2, 0.25) is 0 Å². The van der Waals surface area contributed by atoms with Gasteiger partial charge in [0.1, 0.15) is 0 Å². The molecule has 0 radical (unpaired) electrons. The van der Waals surface area contributed by atoms with Gasteiger partial charge in [0.15, 0.2) is 0 Å². The molecule has 1 saturated carbocycles. The van der Waals surface area contributed by atoms with E-state index >= 15 is 0 Å². The van der Waals surface area contributed by atoms with E-state index in [4.69, 9.17) is 10.5 Å². The van der Waals surface area contributed by atoms with Crippen molar-refractivity contribution >= 4 is 0 Å². The standard InChI is InChI=1S/C12H24N2O/c1-3-6-14(10-4-5-10)8-12(2)9-15-7-11(12)13/h10-11H,3-9,13H2,1-2H3. The molecule has 88 valence electrons. The number of nitrogens with zero attached hydrogens (tertiary/aromatic N) is 1. The van der Waals surface area contributed by atoms with E-state index in [2.05, 4.69) is 18.7 Å². The second-order valence-corrected chi connectivity index (χ2v) is 5.48. The summed E-state index contributed by atoms with van der Waals surface area (Å²) in [5, 5.41) is 0. The maximum absolute atomic E-state index is 6.13. The zero-order valence-electron chi connectivity index (χ0n) is 10.0. The Morgan fingerprint density at radius 3 is 2.67 bits per heavy atom. The molecule has 0 bridgehead atoms. The Morgan fingerprint density at radius 1 is 1.47 bits per heavy atom. The predicted octanol–water partition coefficient (Wildman–Crippen LogP) is 1.22. The van der Waals surface area contributed by atoms with Gasteiger partial charge >= 0.3 is 0 Å². The second kappa shape index (κ2) is 4.40. The van der Waals surface area contributed by atoms with Crippen molar-refractivity contribution in [3.8, 4) is 0 Å². The van der Waals surface area contributed by atoms with E-state index in [0.29, 0.717) is 0 Å². The van der Waals surface area contributed by atoms with Crippen LogP contribution in [0.5, 0.6) is 0 Å². The van der Waals surface area contributed by atoms with Crippen LogP contribution >= 0.6 is 0 Å². The van der Waals surface area contributed by atoms with Crippen LogP contribution in [0.25, 0.3) is 0 Å². The smallest absolute Gasteiger partial charge is 0.0624 e. The molecule has 1 heterocycles. The summed E-state index contributed by atoms with van der Waals surface area (Å²) in [7, 11) is 0. The summed E-state index contributed by atoms with van der Waals surface area (Å²) in [4.78, 5) is 2.62. The molecule has 0 spiro atoms. The summed E-state index contributed by atoms with van der Waals surface area (Å²) in [6.45, 7) is 8.43. The van der Waals surface area contributed by atoms with Gasteiger partial charge in [-0.15, -0.1) is 0 Å². The SMILES string of the molecule is CCCN(CC1(C)COCC1N)C1CC1. The van der Waals surface area contributed by atoms with Crippen LogP contribution in [-0.4, -0.2) is 43.3 Å². The van der Waals surface area contributed by atoms with Gasteiger partial charge < -0.3 is 10.5 Å². The lowest BCUT2D eigenvalue weighted by atomic mass is 9.85. The van der Waals surface area contributed by atoms with Crippen LogP contribution in [0.1, 0.15) is 33.1 Å². The number of ether oxygens (including phenoxy) is 1. The van der Waals surface area contributed by atoms with Crippen molar-refractivity contribution < 1.29 is 4.74 Å². The van der Waals surface area contributed by atoms with Gasteiger partial charge in [0.05, 0.1) is 13.2 Å². The van der Waals surface area contributed by atoms with Gasteiger partial charge in [-0.1, -0.05) is 13.8 Å². The lowest BCUT2D eigenvalue weighted by Crippen LogP contribution is -2.47. The van der Waals surface area contributed by atoms with E-state index in [0.717, 1.165) is 25.8 Å². The molecule has 1 aliphatic heterocycles. The molecule has 2 fully saturated rings. The van der Waals surface area contributed by atoms with Gasteiger partial charge in [0.25, 0.3) is 0 Å². The fourth-order valence-electron chi connectivity index (χ4n) is 2.47. The van der Waals surface area contributed by atoms with Crippen molar-refractivity contribution in [3.63, 3.8) is 0 Å². The quantitative estimate of drug-likeness (QED) is 0.745. The minimum Gasteiger partial charge on any atom is -0.379 e. The zero-order chi connectivity index (χ0) is 10.9. The highest BCUT2D eigenvalue weighted by Gasteiger charge is 2.41. The lowest BCUT2D eigenvalue weighted by molar-refractivity contribution is 0.115. The third-order valence-electron chi connectivity index (χ3n) is 3.76. The molecule has 3 heteroatoms. The molecule has 15 heavy (non-hydrogen) atoms. The van der Waals surface area contributed by atoms with E-state index in [1.54, 1.807) is 0 Å². The van der Waals surface area contributed by atoms with Crippen LogP contribution in [0.15, 0.2) is 0 Å². The van der Waals surface area contributed by atoms with E-state index in [1.165, 1.54) is 25.8 Å². The molecule has 2 unspecified atom stereocenters.